The lowest BCUT2D eigenvalue weighted by Gasteiger charge is -2.33. The molecule has 1 unspecified atom stereocenters. The third-order valence-corrected chi connectivity index (χ3v) is 6.01. The molecule has 31 heavy (non-hydrogen) atoms. The van der Waals surface area contributed by atoms with Crippen LogP contribution in [0.1, 0.15) is 36.5 Å². The van der Waals surface area contributed by atoms with Gasteiger partial charge in [0, 0.05) is 25.2 Å². The van der Waals surface area contributed by atoms with Crippen molar-refractivity contribution in [2.45, 2.75) is 33.6 Å². The summed E-state index contributed by atoms with van der Waals surface area (Å²) in [5.41, 5.74) is 3.54. The van der Waals surface area contributed by atoms with Gasteiger partial charge in [-0.25, -0.2) is 4.90 Å². The van der Waals surface area contributed by atoms with E-state index in [9.17, 15) is 19.7 Å². The highest BCUT2D eigenvalue weighted by atomic mass is 16.6. The molecule has 2 aliphatic rings. The maximum Gasteiger partial charge on any atom is 0.282 e. The van der Waals surface area contributed by atoms with E-state index in [2.05, 4.69) is 6.92 Å². The molecule has 2 aromatic carbocycles. The molecule has 7 nitrogen and oxygen atoms in total. The smallest absolute Gasteiger partial charge is 0.282 e. The predicted octanol–water partition coefficient (Wildman–Crippen LogP) is 4.23. The Labute approximate surface area is 181 Å². The highest BCUT2D eigenvalue weighted by Crippen LogP contribution is 2.38. The lowest BCUT2D eigenvalue weighted by Crippen LogP contribution is -2.39. The highest BCUT2D eigenvalue weighted by molar-refractivity contribution is 6.45. The van der Waals surface area contributed by atoms with E-state index in [0.717, 1.165) is 24.0 Å². The maximum absolute atomic E-state index is 13.6. The van der Waals surface area contributed by atoms with E-state index in [1.807, 2.05) is 36.9 Å². The van der Waals surface area contributed by atoms with Crippen LogP contribution in [0, 0.1) is 29.9 Å². The molecule has 0 spiro atoms. The minimum absolute atomic E-state index is 0.0550. The van der Waals surface area contributed by atoms with Gasteiger partial charge >= 0.3 is 0 Å². The average Bonchev–Trinajstić information content (AvgIpc) is 3.00. The zero-order valence-corrected chi connectivity index (χ0v) is 17.9. The van der Waals surface area contributed by atoms with E-state index < -0.39 is 4.92 Å². The molecule has 2 heterocycles. The number of likely N-dealkylation sites (tertiary alicyclic amines) is 1. The van der Waals surface area contributed by atoms with Crippen LogP contribution in [0.25, 0.3) is 5.57 Å². The van der Waals surface area contributed by atoms with Crippen molar-refractivity contribution in [3.8, 4) is 0 Å². The number of nitro groups is 1. The normalized spacial score (nSPS) is 19.4. The van der Waals surface area contributed by atoms with E-state index in [0.29, 0.717) is 41.5 Å². The SMILES string of the molecule is Cc1ccc(C)c(N2C(=O)C(c3ccc([N+](=O)[O-])cc3)=C(N3CCCC(C)C3)C2=O)c1. The molecule has 1 fully saturated rings. The fourth-order valence-electron chi connectivity index (χ4n) is 4.39. The van der Waals surface area contributed by atoms with Gasteiger partial charge in [0.15, 0.2) is 0 Å². The minimum Gasteiger partial charge on any atom is -0.366 e. The maximum atomic E-state index is 13.6. The summed E-state index contributed by atoms with van der Waals surface area (Å²) in [5, 5.41) is 11.1. The van der Waals surface area contributed by atoms with Crippen LogP contribution >= 0.6 is 0 Å². The first-order chi connectivity index (χ1) is 14.8. The Morgan fingerprint density at radius 1 is 1.03 bits per heavy atom. The number of carbonyl (C=O) groups is 2. The first-order valence-electron chi connectivity index (χ1n) is 10.5. The quantitative estimate of drug-likeness (QED) is 0.421. The second kappa shape index (κ2) is 7.98. The van der Waals surface area contributed by atoms with Crippen LogP contribution in [0.4, 0.5) is 11.4 Å². The first kappa shape index (κ1) is 20.8. The number of nitro benzene ring substituents is 1. The molecule has 0 N–H and O–H groups in total. The second-order valence-electron chi connectivity index (χ2n) is 8.46. The topological polar surface area (TPSA) is 83.8 Å². The average molecular weight is 419 g/mol. The predicted molar refractivity (Wildman–Crippen MR) is 118 cm³/mol. The molecule has 2 amide bonds. The molecule has 160 valence electrons. The molecule has 7 heteroatoms. The molecular formula is C24H25N3O4. The van der Waals surface area contributed by atoms with Crippen molar-refractivity contribution < 1.29 is 14.5 Å². The Hall–Kier alpha value is -3.48. The van der Waals surface area contributed by atoms with E-state index in [-0.39, 0.29) is 17.5 Å². The molecule has 0 aliphatic carbocycles. The van der Waals surface area contributed by atoms with Crippen LogP contribution in [-0.4, -0.2) is 34.7 Å². The number of carbonyl (C=O) groups excluding carboxylic acids is 2. The van der Waals surface area contributed by atoms with Crippen molar-refractivity contribution in [3.05, 3.63) is 75.0 Å². The third kappa shape index (κ3) is 3.71. The molecular weight excluding hydrogens is 394 g/mol. The number of nitrogens with zero attached hydrogens (tertiary/aromatic N) is 3. The number of hydrogen-bond donors (Lipinski definition) is 0. The molecule has 2 aliphatic heterocycles. The molecule has 0 saturated carbocycles. The highest BCUT2D eigenvalue weighted by Gasteiger charge is 2.43. The van der Waals surface area contributed by atoms with Crippen LogP contribution in [0.5, 0.6) is 0 Å². The van der Waals surface area contributed by atoms with E-state index in [4.69, 9.17) is 0 Å². The molecule has 2 aromatic rings. The summed E-state index contributed by atoms with van der Waals surface area (Å²) in [4.78, 5) is 41.1. The van der Waals surface area contributed by atoms with E-state index in [1.54, 1.807) is 12.1 Å². The molecule has 1 atom stereocenters. The zero-order valence-electron chi connectivity index (χ0n) is 17.9. The summed E-state index contributed by atoms with van der Waals surface area (Å²) in [5.74, 6) is -0.307. The minimum atomic E-state index is -0.477. The van der Waals surface area contributed by atoms with Crippen molar-refractivity contribution in [2.24, 2.45) is 5.92 Å². The van der Waals surface area contributed by atoms with Gasteiger partial charge in [-0.2, -0.15) is 0 Å². The number of hydrogen-bond acceptors (Lipinski definition) is 5. The van der Waals surface area contributed by atoms with Gasteiger partial charge < -0.3 is 4.90 Å². The Bertz CT molecular complexity index is 1100. The Morgan fingerprint density at radius 3 is 2.39 bits per heavy atom. The van der Waals surface area contributed by atoms with Crippen molar-refractivity contribution >= 4 is 28.8 Å². The number of non-ortho nitro benzene ring substituents is 1. The second-order valence-corrected chi connectivity index (χ2v) is 8.46. The fraction of sp³-hybridized carbons (Fsp3) is 0.333. The lowest BCUT2D eigenvalue weighted by molar-refractivity contribution is -0.384. The Kier molecular flexibility index (Phi) is 5.35. The van der Waals surface area contributed by atoms with Crippen molar-refractivity contribution in [3.63, 3.8) is 0 Å². The number of amides is 2. The van der Waals surface area contributed by atoms with Crippen LogP contribution in [-0.2, 0) is 9.59 Å². The van der Waals surface area contributed by atoms with Crippen molar-refractivity contribution in [2.75, 3.05) is 18.0 Å². The number of imide groups is 1. The summed E-state index contributed by atoms with van der Waals surface area (Å²) >= 11 is 0. The Morgan fingerprint density at radius 2 is 1.74 bits per heavy atom. The summed E-state index contributed by atoms with van der Waals surface area (Å²) in [7, 11) is 0. The molecule has 0 radical (unpaired) electrons. The third-order valence-electron chi connectivity index (χ3n) is 6.01. The van der Waals surface area contributed by atoms with E-state index in [1.165, 1.54) is 17.0 Å². The van der Waals surface area contributed by atoms with Crippen molar-refractivity contribution in [1.29, 1.82) is 0 Å². The zero-order chi connectivity index (χ0) is 22.3. The summed E-state index contributed by atoms with van der Waals surface area (Å²) in [6, 6.07) is 11.5. The van der Waals surface area contributed by atoms with E-state index >= 15 is 0 Å². The van der Waals surface area contributed by atoms with Crippen LogP contribution in [0.15, 0.2) is 48.2 Å². The fourth-order valence-corrected chi connectivity index (χ4v) is 4.39. The van der Waals surface area contributed by atoms with Gasteiger partial charge in [0.1, 0.15) is 5.70 Å². The summed E-state index contributed by atoms with van der Waals surface area (Å²) < 4.78 is 0. The molecule has 0 aromatic heterocycles. The van der Waals surface area contributed by atoms with Gasteiger partial charge in [-0.05, 0) is 67.5 Å². The molecule has 4 rings (SSSR count). The summed E-state index contributed by atoms with van der Waals surface area (Å²) in [6.45, 7) is 7.34. The molecule has 1 saturated heterocycles. The van der Waals surface area contributed by atoms with Gasteiger partial charge in [0.05, 0.1) is 16.2 Å². The largest absolute Gasteiger partial charge is 0.366 e. The van der Waals surface area contributed by atoms with Gasteiger partial charge in [-0.1, -0.05) is 19.1 Å². The number of piperidine rings is 1. The summed E-state index contributed by atoms with van der Waals surface area (Å²) in [6.07, 6.45) is 2.03. The first-order valence-corrected chi connectivity index (χ1v) is 10.5. The number of benzene rings is 2. The van der Waals surface area contributed by atoms with Crippen LogP contribution in [0.3, 0.4) is 0 Å². The number of rotatable bonds is 4. The number of aryl methyl sites for hydroxylation is 2. The van der Waals surface area contributed by atoms with Gasteiger partial charge in [-0.3, -0.25) is 19.7 Å². The Balaban J connectivity index is 1.85. The number of anilines is 1. The van der Waals surface area contributed by atoms with Crippen LogP contribution in [0.2, 0.25) is 0 Å². The monoisotopic (exact) mass is 419 g/mol. The molecule has 0 bridgehead atoms. The van der Waals surface area contributed by atoms with Gasteiger partial charge in [0.25, 0.3) is 17.5 Å². The standard InChI is InChI=1S/C24H25N3O4/c1-15-6-7-17(3)20(13-15)26-23(28)21(18-8-10-19(11-9-18)27(30)31)22(24(26)29)25-12-4-5-16(2)14-25/h6-11,13,16H,4-5,12,14H2,1-3H3. The van der Waals surface area contributed by atoms with Gasteiger partial charge in [0.2, 0.25) is 0 Å². The van der Waals surface area contributed by atoms with Gasteiger partial charge in [-0.15, -0.1) is 0 Å². The lowest BCUT2D eigenvalue weighted by atomic mass is 9.97. The van der Waals surface area contributed by atoms with Crippen LogP contribution < -0.4 is 4.90 Å². The van der Waals surface area contributed by atoms with Crippen molar-refractivity contribution in [1.82, 2.24) is 4.90 Å².